The van der Waals surface area contributed by atoms with Crippen molar-refractivity contribution >= 4 is 5.69 Å². The number of rotatable bonds is 7. The topological polar surface area (TPSA) is 78.8 Å². The minimum atomic E-state index is -0.428. The van der Waals surface area contributed by atoms with Gasteiger partial charge in [-0.1, -0.05) is 6.92 Å². The number of nitrogens with zero attached hydrogens (tertiary/aromatic N) is 4. The molecule has 7 heteroatoms. The second kappa shape index (κ2) is 6.95. The van der Waals surface area contributed by atoms with Gasteiger partial charge in [0, 0.05) is 25.4 Å². The standard InChI is InChI=1S/C13H18FN5O/c1-2-7-20-8-3-6-19-13(16-17-18-19)11-5-4-10(15)9-12(11)14/h4-5,9H,2-3,6-8,15H2,1H3. The Labute approximate surface area is 116 Å². The van der Waals surface area contributed by atoms with Crippen LogP contribution < -0.4 is 5.73 Å². The summed E-state index contributed by atoms with van der Waals surface area (Å²) in [4.78, 5) is 0. The van der Waals surface area contributed by atoms with Crippen molar-refractivity contribution < 1.29 is 9.13 Å². The largest absolute Gasteiger partial charge is 0.399 e. The molecule has 0 radical (unpaired) electrons. The maximum absolute atomic E-state index is 13.9. The second-order valence-corrected chi connectivity index (χ2v) is 4.43. The molecule has 1 aromatic carbocycles. The van der Waals surface area contributed by atoms with E-state index in [1.807, 2.05) is 0 Å². The highest BCUT2D eigenvalue weighted by Gasteiger charge is 2.13. The Hall–Kier alpha value is -2.02. The first kappa shape index (κ1) is 14.4. The number of anilines is 1. The second-order valence-electron chi connectivity index (χ2n) is 4.43. The molecule has 1 aromatic heterocycles. The molecule has 0 unspecified atom stereocenters. The lowest BCUT2D eigenvalue weighted by Gasteiger charge is -2.06. The van der Waals surface area contributed by atoms with Gasteiger partial charge >= 0.3 is 0 Å². The molecule has 0 fully saturated rings. The quantitative estimate of drug-likeness (QED) is 0.618. The molecule has 0 amide bonds. The van der Waals surface area contributed by atoms with Gasteiger partial charge in [-0.15, -0.1) is 5.10 Å². The summed E-state index contributed by atoms with van der Waals surface area (Å²) in [6, 6.07) is 4.47. The fraction of sp³-hybridized carbons (Fsp3) is 0.462. The molecule has 0 bridgehead atoms. The van der Waals surface area contributed by atoms with Gasteiger partial charge in [-0.25, -0.2) is 9.07 Å². The molecule has 2 N–H and O–H groups in total. The summed E-state index contributed by atoms with van der Waals surface area (Å²) in [5, 5.41) is 11.3. The van der Waals surface area contributed by atoms with Crippen molar-refractivity contribution in [1.29, 1.82) is 0 Å². The van der Waals surface area contributed by atoms with Crippen LogP contribution in [-0.4, -0.2) is 33.4 Å². The van der Waals surface area contributed by atoms with Crippen LogP contribution in [0.15, 0.2) is 18.2 Å². The lowest BCUT2D eigenvalue weighted by Crippen LogP contribution is -2.07. The molecule has 0 atom stereocenters. The highest BCUT2D eigenvalue weighted by Crippen LogP contribution is 2.21. The van der Waals surface area contributed by atoms with Crippen molar-refractivity contribution in [2.45, 2.75) is 26.3 Å². The highest BCUT2D eigenvalue weighted by atomic mass is 19.1. The summed E-state index contributed by atoms with van der Waals surface area (Å²) >= 11 is 0. The van der Waals surface area contributed by atoms with Crippen molar-refractivity contribution in [3.05, 3.63) is 24.0 Å². The zero-order valence-corrected chi connectivity index (χ0v) is 11.4. The van der Waals surface area contributed by atoms with Crippen LogP contribution in [-0.2, 0) is 11.3 Å². The monoisotopic (exact) mass is 279 g/mol. The van der Waals surface area contributed by atoms with Gasteiger partial charge in [0.2, 0.25) is 0 Å². The van der Waals surface area contributed by atoms with Crippen LogP contribution in [0.5, 0.6) is 0 Å². The molecular formula is C13H18FN5O. The van der Waals surface area contributed by atoms with Gasteiger partial charge in [-0.05, 0) is 41.5 Å². The number of aryl methyl sites for hydroxylation is 1. The van der Waals surface area contributed by atoms with Crippen LogP contribution in [0.3, 0.4) is 0 Å². The first-order chi connectivity index (χ1) is 9.72. The number of benzene rings is 1. The first-order valence-electron chi connectivity index (χ1n) is 6.61. The van der Waals surface area contributed by atoms with Crippen LogP contribution in [0, 0.1) is 5.82 Å². The average molecular weight is 279 g/mol. The Kier molecular flexibility index (Phi) is 5.00. The molecule has 0 saturated heterocycles. The van der Waals surface area contributed by atoms with Crippen LogP contribution in [0.2, 0.25) is 0 Å². The van der Waals surface area contributed by atoms with Gasteiger partial charge in [0.1, 0.15) is 5.82 Å². The Balaban J connectivity index is 2.04. The normalized spacial score (nSPS) is 10.9. The summed E-state index contributed by atoms with van der Waals surface area (Å²) in [5.41, 5.74) is 6.25. The van der Waals surface area contributed by atoms with E-state index in [9.17, 15) is 4.39 Å². The number of nitrogen functional groups attached to an aromatic ring is 1. The SMILES string of the molecule is CCCOCCCn1nnnc1-c1ccc(N)cc1F. The summed E-state index contributed by atoms with van der Waals surface area (Å²) in [6.07, 6.45) is 1.77. The van der Waals surface area contributed by atoms with Crippen LogP contribution >= 0.6 is 0 Å². The lowest BCUT2D eigenvalue weighted by molar-refractivity contribution is 0.128. The van der Waals surface area contributed by atoms with E-state index >= 15 is 0 Å². The Morgan fingerprint density at radius 1 is 1.35 bits per heavy atom. The van der Waals surface area contributed by atoms with Gasteiger partial charge in [0.05, 0.1) is 5.56 Å². The summed E-state index contributed by atoms with van der Waals surface area (Å²) < 4.78 is 20.8. The Bertz CT molecular complexity index is 557. The molecule has 2 aromatic rings. The zero-order chi connectivity index (χ0) is 14.4. The third kappa shape index (κ3) is 3.51. The van der Waals surface area contributed by atoms with E-state index in [0.717, 1.165) is 19.4 Å². The van der Waals surface area contributed by atoms with Gasteiger partial charge < -0.3 is 10.5 Å². The fourth-order valence-corrected chi connectivity index (χ4v) is 1.82. The molecule has 0 saturated carbocycles. The van der Waals surface area contributed by atoms with Crippen LogP contribution in [0.4, 0.5) is 10.1 Å². The summed E-state index contributed by atoms with van der Waals surface area (Å²) in [6.45, 7) is 4.02. The van der Waals surface area contributed by atoms with Crippen molar-refractivity contribution in [1.82, 2.24) is 20.2 Å². The zero-order valence-electron chi connectivity index (χ0n) is 11.4. The van der Waals surface area contributed by atoms with E-state index in [-0.39, 0.29) is 0 Å². The molecule has 108 valence electrons. The molecule has 0 aliphatic heterocycles. The minimum absolute atomic E-state index is 0.346. The Morgan fingerprint density at radius 3 is 2.95 bits per heavy atom. The minimum Gasteiger partial charge on any atom is -0.399 e. The van der Waals surface area contributed by atoms with Crippen molar-refractivity contribution in [2.75, 3.05) is 18.9 Å². The molecule has 6 nitrogen and oxygen atoms in total. The third-order valence-corrected chi connectivity index (χ3v) is 2.77. The smallest absolute Gasteiger partial charge is 0.184 e. The highest BCUT2D eigenvalue weighted by molar-refractivity contribution is 5.59. The molecule has 1 heterocycles. The molecule has 0 aliphatic carbocycles. The Morgan fingerprint density at radius 2 is 2.20 bits per heavy atom. The lowest BCUT2D eigenvalue weighted by atomic mass is 10.2. The molecule has 0 spiro atoms. The van der Waals surface area contributed by atoms with E-state index in [0.29, 0.717) is 30.2 Å². The number of halogens is 1. The van der Waals surface area contributed by atoms with Crippen molar-refractivity contribution in [3.63, 3.8) is 0 Å². The van der Waals surface area contributed by atoms with Gasteiger partial charge in [0.25, 0.3) is 0 Å². The third-order valence-electron chi connectivity index (χ3n) is 2.77. The van der Waals surface area contributed by atoms with Gasteiger partial charge in [-0.3, -0.25) is 0 Å². The summed E-state index contributed by atoms with van der Waals surface area (Å²) in [5.74, 6) is -0.0266. The maximum Gasteiger partial charge on any atom is 0.184 e. The number of ether oxygens (including phenoxy) is 1. The van der Waals surface area contributed by atoms with E-state index < -0.39 is 5.82 Å². The predicted molar refractivity (Wildman–Crippen MR) is 73.4 cm³/mol. The van der Waals surface area contributed by atoms with Gasteiger partial charge in [-0.2, -0.15) is 0 Å². The maximum atomic E-state index is 13.9. The fourth-order valence-electron chi connectivity index (χ4n) is 1.82. The summed E-state index contributed by atoms with van der Waals surface area (Å²) in [7, 11) is 0. The van der Waals surface area contributed by atoms with E-state index in [1.165, 1.54) is 6.07 Å². The molecule has 20 heavy (non-hydrogen) atoms. The van der Waals surface area contributed by atoms with Crippen LogP contribution in [0.1, 0.15) is 19.8 Å². The van der Waals surface area contributed by atoms with E-state index in [1.54, 1.807) is 16.8 Å². The van der Waals surface area contributed by atoms with E-state index in [2.05, 4.69) is 22.4 Å². The number of tetrazole rings is 1. The number of nitrogens with two attached hydrogens (primary N) is 1. The van der Waals surface area contributed by atoms with Crippen molar-refractivity contribution in [2.24, 2.45) is 0 Å². The number of hydrogen-bond acceptors (Lipinski definition) is 5. The van der Waals surface area contributed by atoms with Gasteiger partial charge in [0.15, 0.2) is 5.82 Å². The number of hydrogen-bond donors (Lipinski definition) is 1. The van der Waals surface area contributed by atoms with Crippen molar-refractivity contribution in [3.8, 4) is 11.4 Å². The van der Waals surface area contributed by atoms with Crippen LogP contribution in [0.25, 0.3) is 11.4 Å². The first-order valence-corrected chi connectivity index (χ1v) is 6.61. The molecule has 0 aliphatic rings. The molecule has 2 rings (SSSR count). The molecular weight excluding hydrogens is 261 g/mol. The van der Waals surface area contributed by atoms with E-state index in [4.69, 9.17) is 10.5 Å². The average Bonchev–Trinajstić information content (AvgIpc) is 2.87. The number of aromatic nitrogens is 4. The predicted octanol–water partition coefficient (Wildman–Crippen LogP) is 1.88.